The minimum absolute atomic E-state index is 0.00211. The van der Waals surface area contributed by atoms with Gasteiger partial charge in [-0.1, -0.05) is 63.2 Å². The third-order valence-electron chi connectivity index (χ3n) is 13.1. The second kappa shape index (κ2) is 20.3. The van der Waals surface area contributed by atoms with Crippen LogP contribution >= 0.6 is 0 Å². The highest BCUT2D eigenvalue weighted by Gasteiger charge is 2.53. The average molecular weight is 839 g/mol. The number of aliphatic hydroxyl groups is 5. The van der Waals surface area contributed by atoms with Gasteiger partial charge in [-0.15, -0.1) is 0 Å². The number of benzene rings is 1. The molecule has 5 N–H and O–H groups in total. The number of carbonyl (C=O) groups is 1. The van der Waals surface area contributed by atoms with Gasteiger partial charge < -0.3 is 63.7 Å². The standard InChI is InChI=1S/C44H74N2O13/c1-14-32-44(10,52)37(48)26(4)34(45-54-23-30-18-16-15-17-19-30)24(2)21-42(8,51)39(59-41-35(47)31(46(11)12)20-25(3)55-41)27(5)36(28(6)40(50)57-32)58-33-22-43(9,53-13)38(49)29(7)56-33/h15-19,24-29,31-33,35-39,41,47-49,51-52H,14,20-23H2,1-13H3/b45-34+/t24-,25-,26+,27+,28-,29+,31+,32?,33+,35-,36?,37-,38+,39-,41+,42-,43-,44-/m1/s1. The number of hydrogen-bond donors (Lipinski definition) is 5. The number of nitrogens with zero attached hydrogens (tertiary/aromatic N) is 2. The second-order valence-corrected chi connectivity index (χ2v) is 18.3. The van der Waals surface area contributed by atoms with Crippen LogP contribution in [0.1, 0.15) is 100 Å². The van der Waals surface area contributed by atoms with E-state index in [2.05, 4.69) is 5.16 Å². The summed E-state index contributed by atoms with van der Waals surface area (Å²) in [6, 6.07) is 9.14. The molecule has 4 rings (SSSR count). The summed E-state index contributed by atoms with van der Waals surface area (Å²) >= 11 is 0. The summed E-state index contributed by atoms with van der Waals surface area (Å²) < 4.78 is 37.8. The van der Waals surface area contributed by atoms with E-state index in [1.165, 1.54) is 14.0 Å². The molecule has 15 heteroatoms. The normalized spacial score (nSPS) is 45.2. The lowest BCUT2D eigenvalue weighted by molar-refractivity contribution is -0.317. The van der Waals surface area contributed by atoms with Crippen molar-refractivity contribution in [2.45, 2.75) is 186 Å². The molecule has 0 spiro atoms. The molecule has 3 saturated heterocycles. The van der Waals surface area contributed by atoms with E-state index < -0.39 is 102 Å². The predicted molar refractivity (Wildman–Crippen MR) is 220 cm³/mol. The summed E-state index contributed by atoms with van der Waals surface area (Å²) in [5.41, 5.74) is -3.52. The third-order valence-corrected chi connectivity index (χ3v) is 13.1. The van der Waals surface area contributed by atoms with Gasteiger partial charge in [0.25, 0.3) is 0 Å². The van der Waals surface area contributed by atoms with E-state index >= 15 is 0 Å². The van der Waals surface area contributed by atoms with Crippen LogP contribution in [0.4, 0.5) is 0 Å². The lowest BCUT2D eigenvalue weighted by atomic mass is 9.73. The van der Waals surface area contributed by atoms with E-state index in [0.717, 1.165) is 5.56 Å². The molecular formula is C44H74N2O13. The van der Waals surface area contributed by atoms with Crippen molar-refractivity contribution in [3.8, 4) is 0 Å². The number of oxime groups is 1. The van der Waals surface area contributed by atoms with Crippen LogP contribution in [0.5, 0.6) is 0 Å². The number of carbonyl (C=O) groups excluding carboxylic acids is 1. The Labute approximate surface area is 351 Å². The first-order valence-electron chi connectivity index (χ1n) is 21.2. The molecule has 3 heterocycles. The van der Waals surface area contributed by atoms with Crippen LogP contribution in [0.3, 0.4) is 0 Å². The molecule has 0 amide bonds. The summed E-state index contributed by atoms with van der Waals surface area (Å²) in [4.78, 5) is 22.2. The Hall–Kier alpha value is -2.28. The van der Waals surface area contributed by atoms with Crippen molar-refractivity contribution in [3.05, 3.63) is 35.9 Å². The number of methoxy groups -OCH3 is 1. The molecule has 15 nitrogen and oxygen atoms in total. The van der Waals surface area contributed by atoms with E-state index in [9.17, 15) is 30.3 Å². The number of aliphatic hydroxyl groups excluding tert-OH is 3. The molecule has 18 atom stereocenters. The second-order valence-electron chi connectivity index (χ2n) is 18.3. The minimum atomic E-state index is -1.95. The van der Waals surface area contributed by atoms with E-state index in [-0.39, 0.29) is 38.0 Å². The number of likely N-dealkylation sites (N-methyl/N-ethyl adjacent to an activating group) is 1. The van der Waals surface area contributed by atoms with Crippen molar-refractivity contribution in [3.63, 3.8) is 0 Å². The van der Waals surface area contributed by atoms with E-state index in [0.29, 0.717) is 12.1 Å². The molecule has 1 aromatic carbocycles. The summed E-state index contributed by atoms with van der Waals surface area (Å²) in [5, 5.41) is 64.0. The van der Waals surface area contributed by atoms with Gasteiger partial charge in [-0.2, -0.15) is 0 Å². The van der Waals surface area contributed by atoms with Gasteiger partial charge in [-0.05, 0) is 80.5 Å². The fourth-order valence-electron chi connectivity index (χ4n) is 9.35. The Kier molecular flexibility index (Phi) is 17.0. The van der Waals surface area contributed by atoms with Crippen LogP contribution in [0.15, 0.2) is 35.5 Å². The highest BCUT2D eigenvalue weighted by Crippen LogP contribution is 2.41. The quantitative estimate of drug-likeness (QED) is 0.169. The first kappa shape index (κ1) is 49.4. The van der Waals surface area contributed by atoms with Gasteiger partial charge in [0.1, 0.15) is 30.5 Å². The Bertz CT molecular complexity index is 1510. The van der Waals surface area contributed by atoms with E-state index in [1.807, 2.05) is 63.2 Å². The molecule has 0 aliphatic carbocycles. The van der Waals surface area contributed by atoms with Crippen LogP contribution in [-0.2, 0) is 44.7 Å². The SMILES string of the molecule is CCC1OC(=O)[C@H](C)C(O[C@H]2C[C@@](C)(OC)[C@@H](O)[C@H](C)O2)[C@H](C)[C@@H](O[C@@H]2O[C@H](C)C[C@H](N(C)C)[C@H]2O)[C@](C)(O)C[C@@H](C)/C(=N\OCc2ccccc2)[C@H](C)[C@@H](O)[C@]1(C)O. The molecule has 1 aromatic rings. The number of hydrogen-bond acceptors (Lipinski definition) is 15. The third kappa shape index (κ3) is 11.4. The summed E-state index contributed by atoms with van der Waals surface area (Å²) in [5.74, 6) is -4.04. The maximum absolute atomic E-state index is 14.4. The maximum Gasteiger partial charge on any atom is 0.311 e. The van der Waals surface area contributed by atoms with Gasteiger partial charge in [0.2, 0.25) is 0 Å². The summed E-state index contributed by atoms with van der Waals surface area (Å²) in [7, 11) is 5.24. The largest absolute Gasteiger partial charge is 0.459 e. The smallest absolute Gasteiger partial charge is 0.311 e. The molecule has 3 aliphatic rings. The van der Waals surface area contributed by atoms with Crippen LogP contribution in [0.25, 0.3) is 0 Å². The number of cyclic esters (lactones) is 1. The molecule has 0 bridgehead atoms. The molecule has 0 saturated carbocycles. The topological polar surface area (TPSA) is 198 Å². The van der Waals surface area contributed by atoms with Crippen molar-refractivity contribution in [2.75, 3.05) is 21.2 Å². The average Bonchev–Trinajstić information content (AvgIpc) is 3.18. The fourth-order valence-corrected chi connectivity index (χ4v) is 9.35. The molecular weight excluding hydrogens is 764 g/mol. The number of ether oxygens (including phenoxy) is 6. The van der Waals surface area contributed by atoms with Gasteiger partial charge >= 0.3 is 5.97 Å². The van der Waals surface area contributed by atoms with Gasteiger partial charge in [-0.3, -0.25) is 4.79 Å². The molecule has 0 aromatic heterocycles. The predicted octanol–water partition coefficient (Wildman–Crippen LogP) is 3.79. The van der Waals surface area contributed by atoms with Gasteiger partial charge in [0.15, 0.2) is 12.6 Å². The van der Waals surface area contributed by atoms with Crippen molar-refractivity contribution < 1.29 is 63.6 Å². The first-order chi connectivity index (χ1) is 27.5. The Balaban J connectivity index is 1.87. The highest BCUT2D eigenvalue weighted by molar-refractivity contribution is 5.88. The van der Waals surface area contributed by atoms with Crippen LogP contribution < -0.4 is 0 Å². The van der Waals surface area contributed by atoms with Crippen molar-refractivity contribution in [1.82, 2.24) is 4.90 Å². The Morgan fingerprint density at radius 3 is 2.14 bits per heavy atom. The molecule has 338 valence electrons. The number of rotatable bonds is 10. The maximum atomic E-state index is 14.4. The lowest BCUT2D eigenvalue weighted by Gasteiger charge is -2.49. The monoisotopic (exact) mass is 839 g/mol. The van der Waals surface area contributed by atoms with Gasteiger partial charge in [0, 0.05) is 37.3 Å². The summed E-state index contributed by atoms with van der Waals surface area (Å²) in [6.07, 6.45) is -9.32. The fraction of sp³-hybridized carbons (Fsp3) is 0.818. The molecule has 2 unspecified atom stereocenters. The zero-order chi connectivity index (χ0) is 44.2. The first-order valence-corrected chi connectivity index (χ1v) is 21.2. The van der Waals surface area contributed by atoms with E-state index in [1.54, 1.807) is 48.5 Å². The zero-order valence-corrected chi connectivity index (χ0v) is 37.5. The molecule has 59 heavy (non-hydrogen) atoms. The van der Waals surface area contributed by atoms with Gasteiger partial charge in [-0.25, -0.2) is 0 Å². The molecule has 3 fully saturated rings. The lowest BCUT2D eigenvalue weighted by Crippen LogP contribution is -2.61. The molecule has 3 aliphatic heterocycles. The zero-order valence-electron chi connectivity index (χ0n) is 37.5. The Morgan fingerprint density at radius 1 is 0.898 bits per heavy atom. The van der Waals surface area contributed by atoms with Crippen molar-refractivity contribution >= 4 is 11.7 Å². The van der Waals surface area contributed by atoms with Crippen LogP contribution in [-0.4, -0.2) is 148 Å². The van der Waals surface area contributed by atoms with Crippen molar-refractivity contribution in [1.29, 1.82) is 0 Å². The van der Waals surface area contributed by atoms with Gasteiger partial charge in [0.05, 0.1) is 53.4 Å². The molecule has 0 radical (unpaired) electrons. The summed E-state index contributed by atoms with van der Waals surface area (Å²) in [6.45, 7) is 17.3. The Morgan fingerprint density at radius 2 is 1.54 bits per heavy atom. The van der Waals surface area contributed by atoms with Crippen LogP contribution in [0, 0.1) is 23.7 Å². The van der Waals surface area contributed by atoms with Crippen LogP contribution in [0.2, 0.25) is 0 Å². The number of esters is 1. The minimum Gasteiger partial charge on any atom is -0.459 e. The highest BCUT2D eigenvalue weighted by atomic mass is 16.7. The van der Waals surface area contributed by atoms with Crippen molar-refractivity contribution in [2.24, 2.45) is 28.8 Å². The van der Waals surface area contributed by atoms with E-state index in [4.69, 9.17) is 33.3 Å².